The number of rotatable bonds is 4. The van der Waals surface area contributed by atoms with E-state index < -0.39 is 26.2 Å². The van der Waals surface area contributed by atoms with Crippen LogP contribution < -0.4 is 10.9 Å². The normalized spacial score (nSPS) is 43.5. The van der Waals surface area contributed by atoms with Crippen molar-refractivity contribution < 1.29 is 13.2 Å². The van der Waals surface area contributed by atoms with Gasteiger partial charge in [-0.25, -0.2) is 13.6 Å². The van der Waals surface area contributed by atoms with Crippen LogP contribution in [0.15, 0.2) is 12.7 Å². The van der Waals surface area contributed by atoms with Crippen molar-refractivity contribution >= 4 is 28.2 Å². The van der Waals surface area contributed by atoms with Crippen LogP contribution in [-0.4, -0.2) is 24.5 Å². The first-order chi connectivity index (χ1) is 7.17. The zero-order chi connectivity index (χ0) is 12.4. The lowest BCUT2D eigenvalue weighted by molar-refractivity contribution is -0.122. The topological polar surface area (TPSA) is 103 Å². The number of primary sulfonamides is 1. The Labute approximate surface area is 107 Å². The lowest BCUT2D eigenvalue weighted by atomic mass is 10.0. The fourth-order valence-electron chi connectivity index (χ4n) is 2.24. The highest BCUT2D eigenvalue weighted by Gasteiger charge is 2.69. The third kappa shape index (κ3) is 1.93. The zero-order valence-electron chi connectivity index (χ0n) is 9.55. The first-order valence-corrected chi connectivity index (χ1v) is 6.69. The van der Waals surface area contributed by atoms with Crippen LogP contribution in [-0.2, 0) is 14.8 Å². The van der Waals surface area contributed by atoms with Gasteiger partial charge >= 0.3 is 0 Å². The molecule has 0 radical (unpaired) electrons. The van der Waals surface area contributed by atoms with Gasteiger partial charge in [-0.05, 0) is 19.8 Å². The first-order valence-electron chi connectivity index (χ1n) is 5.15. The molecule has 2 saturated carbocycles. The monoisotopic (exact) mass is 280 g/mol. The van der Waals surface area contributed by atoms with E-state index in [0.717, 1.165) is 0 Å². The predicted octanol–water partition coefficient (Wildman–Crippen LogP) is -0.0522. The maximum atomic E-state index is 12.0. The van der Waals surface area contributed by atoms with Gasteiger partial charge in [-0.1, -0.05) is 6.08 Å². The Bertz CT molecular complexity index is 478. The molecule has 2 aliphatic carbocycles. The molecule has 0 aromatic heterocycles. The smallest absolute Gasteiger partial charge is 0.215 e. The van der Waals surface area contributed by atoms with Crippen molar-refractivity contribution in [3.05, 3.63) is 12.7 Å². The fourth-order valence-corrected chi connectivity index (χ4v) is 3.14. The summed E-state index contributed by atoms with van der Waals surface area (Å²) in [4.78, 5) is 12.0. The quantitative estimate of drug-likeness (QED) is 0.705. The number of halogens is 1. The second-order valence-electron chi connectivity index (χ2n) is 5.07. The van der Waals surface area contributed by atoms with Crippen LogP contribution in [0.25, 0.3) is 0 Å². The molecular weight excluding hydrogens is 264 g/mol. The van der Waals surface area contributed by atoms with E-state index in [9.17, 15) is 13.2 Å². The molecule has 0 amide bonds. The maximum Gasteiger partial charge on any atom is 0.215 e. The van der Waals surface area contributed by atoms with Crippen LogP contribution in [0.1, 0.15) is 19.8 Å². The summed E-state index contributed by atoms with van der Waals surface area (Å²) in [6.07, 6.45) is 2.49. The Morgan fingerprint density at radius 3 is 2.29 bits per heavy atom. The van der Waals surface area contributed by atoms with Crippen LogP contribution in [0, 0.1) is 11.8 Å². The largest absolute Gasteiger partial charge is 0.318 e. The molecule has 2 unspecified atom stereocenters. The number of hydrogen-bond donors (Lipinski definition) is 2. The van der Waals surface area contributed by atoms with Crippen molar-refractivity contribution in [3.8, 4) is 0 Å². The Morgan fingerprint density at radius 2 is 2.00 bits per heavy atom. The van der Waals surface area contributed by atoms with E-state index in [-0.39, 0.29) is 30.5 Å². The van der Waals surface area contributed by atoms with Gasteiger partial charge in [-0.2, -0.15) is 0 Å². The number of ketones is 1. The Balaban J connectivity index is 0.00000144. The summed E-state index contributed by atoms with van der Waals surface area (Å²) < 4.78 is 21.5. The number of carbonyl (C=O) groups is 1. The second-order valence-corrected chi connectivity index (χ2v) is 7.09. The second kappa shape index (κ2) is 3.78. The zero-order valence-corrected chi connectivity index (χ0v) is 11.2. The highest BCUT2D eigenvalue weighted by atomic mass is 35.5. The molecule has 0 aliphatic heterocycles. The molecule has 0 aromatic rings. The molecule has 2 aliphatic rings. The van der Waals surface area contributed by atoms with Crippen LogP contribution in [0.2, 0.25) is 0 Å². The molecule has 17 heavy (non-hydrogen) atoms. The van der Waals surface area contributed by atoms with Crippen molar-refractivity contribution in [3.63, 3.8) is 0 Å². The van der Waals surface area contributed by atoms with E-state index in [0.29, 0.717) is 6.42 Å². The third-order valence-electron chi connectivity index (χ3n) is 3.96. The number of Topliss-reactive ketones (excluding diaryl/α,β-unsaturated/α-hetero) is 1. The molecule has 98 valence electrons. The van der Waals surface area contributed by atoms with E-state index in [1.54, 1.807) is 6.08 Å². The van der Waals surface area contributed by atoms with Gasteiger partial charge < -0.3 is 5.73 Å². The molecule has 2 rings (SSSR count). The van der Waals surface area contributed by atoms with Crippen LogP contribution in [0.4, 0.5) is 0 Å². The molecule has 7 heteroatoms. The molecule has 0 bridgehead atoms. The number of sulfonamides is 1. The minimum atomic E-state index is -3.68. The summed E-state index contributed by atoms with van der Waals surface area (Å²) in [5.74, 6) is -0.753. The van der Waals surface area contributed by atoms with E-state index in [1.165, 1.54) is 6.92 Å². The third-order valence-corrected chi connectivity index (χ3v) is 5.71. The average molecular weight is 281 g/mol. The molecular formula is C10H17ClN2O3S. The number of hydrogen-bond acceptors (Lipinski definition) is 4. The fraction of sp³-hybridized carbons (Fsp3) is 0.700. The van der Waals surface area contributed by atoms with Crippen molar-refractivity contribution in [2.45, 2.75) is 30.1 Å². The summed E-state index contributed by atoms with van der Waals surface area (Å²) in [7, 11) is -3.68. The Hall–Kier alpha value is -0.430. The molecule has 0 heterocycles. The molecule has 4 atom stereocenters. The minimum Gasteiger partial charge on any atom is -0.318 e. The summed E-state index contributed by atoms with van der Waals surface area (Å²) in [5.41, 5.74) is 5.00. The summed E-state index contributed by atoms with van der Waals surface area (Å²) in [6, 6.07) is 0. The average Bonchev–Trinajstić information content (AvgIpc) is 3.01. The molecule has 0 spiro atoms. The first kappa shape index (κ1) is 14.6. The van der Waals surface area contributed by atoms with Crippen molar-refractivity contribution in [2.75, 3.05) is 0 Å². The SMILES string of the molecule is C=CC1CC1(N)C(=O)[C@H]1C[C@@]1(C)S(N)(=O)=O.Cl. The van der Waals surface area contributed by atoms with E-state index in [4.69, 9.17) is 10.9 Å². The minimum absolute atomic E-state index is 0. The van der Waals surface area contributed by atoms with Gasteiger partial charge in [0.05, 0.1) is 10.3 Å². The van der Waals surface area contributed by atoms with E-state index >= 15 is 0 Å². The van der Waals surface area contributed by atoms with Gasteiger partial charge in [0.15, 0.2) is 5.78 Å². The molecule has 5 nitrogen and oxygen atoms in total. The summed E-state index contributed by atoms with van der Waals surface area (Å²) >= 11 is 0. The van der Waals surface area contributed by atoms with Gasteiger partial charge in [0.2, 0.25) is 10.0 Å². The highest BCUT2D eigenvalue weighted by Crippen LogP contribution is 2.55. The molecule has 0 aromatic carbocycles. The molecule has 0 saturated heterocycles. The standard InChI is InChI=1S/C10H16N2O3S.ClH/c1-3-6-4-10(6,11)8(13)7-5-9(7,2)16(12,14)15;/h3,6-7H,1,4-5,11H2,2H3,(H2,12,14,15);1H/t6?,7-,9-,10?;/m1./s1. The van der Waals surface area contributed by atoms with Crippen molar-refractivity contribution in [1.82, 2.24) is 0 Å². The van der Waals surface area contributed by atoms with Crippen LogP contribution in [0.3, 0.4) is 0 Å². The van der Waals surface area contributed by atoms with Gasteiger partial charge in [0.1, 0.15) is 0 Å². The van der Waals surface area contributed by atoms with Crippen molar-refractivity contribution in [2.24, 2.45) is 22.7 Å². The van der Waals surface area contributed by atoms with Gasteiger partial charge in [-0.3, -0.25) is 4.79 Å². The summed E-state index contributed by atoms with van der Waals surface area (Å²) in [6.45, 7) is 5.09. The Kier molecular flexibility index (Phi) is 3.25. The predicted molar refractivity (Wildman–Crippen MR) is 67.1 cm³/mol. The van der Waals surface area contributed by atoms with Gasteiger partial charge in [0.25, 0.3) is 0 Å². The lowest BCUT2D eigenvalue weighted by Crippen LogP contribution is -2.40. The molecule has 4 N–H and O–H groups in total. The highest BCUT2D eigenvalue weighted by molar-refractivity contribution is 7.90. The van der Waals surface area contributed by atoms with E-state index in [2.05, 4.69) is 6.58 Å². The van der Waals surface area contributed by atoms with Crippen LogP contribution >= 0.6 is 12.4 Å². The van der Waals surface area contributed by atoms with Crippen LogP contribution in [0.5, 0.6) is 0 Å². The van der Waals surface area contributed by atoms with Gasteiger partial charge in [-0.15, -0.1) is 19.0 Å². The Morgan fingerprint density at radius 1 is 1.47 bits per heavy atom. The number of nitrogens with two attached hydrogens (primary N) is 2. The maximum absolute atomic E-state index is 12.0. The van der Waals surface area contributed by atoms with E-state index in [1.807, 2.05) is 0 Å². The lowest BCUT2D eigenvalue weighted by Gasteiger charge is -2.12. The van der Waals surface area contributed by atoms with Crippen molar-refractivity contribution in [1.29, 1.82) is 0 Å². The number of carbonyl (C=O) groups excluding carboxylic acids is 1. The summed E-state index contributed by atoms with van der Waals surface area (Å²) in [5, 5.41) is 5.09. The van der Waals surface area contributed by atoms with Gasteiger partial charge in [0, 0.05) is 11.8 Å². The molecule has 2 fully saturated rings.